The molecule has 0 bridgehead atoms. The van der Waals surface area contributed by atoms with E-state index in [9.17, 15) is 5.26 Å². The van der Waals surface area contributed by atoms with Gasteiger partial charge in [-0.15, -0.1) is 0 Å². The van der Waals surface area contributed by atoms with Gasteiger partial charge in [-0.1, -0.05) is 12.1 Å². The number of ether oxygens (including phenoxy) is 1. The Kier molecular flexibility index (Phi) is 2.77. The van der Waals surface area contributed by atoms with Crippen molar-refractivity contribution in [2.75, 3.05) is 5.73 Å². The zero-order valence-corrected chi connectivity index (χ0v) is 10.6. The molecule has 2 aromatic rings. The monoisotopic (exact) mass is 264 g/mol. The highest BCUT2D eigenvalue weighted by Gasteiger charge is 2.30. The van der Waals surface area contributed by atoms with E-state index in [-0.39, 0.29) is 11.8 Å². The average Bonchev–Trinajstić information content (AvgIpc) is 2.46. The molecule has 1 aliphatic heterocycles. The van der Waals surface area contributed by atoms with Crippen LogP contribution >= 0.6 is 0 Å². The lowest BCUT2D eigenvalue weighted by molar-refractivity contribution is 0.394. The van der Waals surface area contributed by atoms with Crippen LogP contribution in [0.1, 0.15) is 17.0 Å². The number of nitrogen functional groups attached to an aromatic ring is 1. The zero-order chi connectivity index (χ0) is 14.1. The standard InChI is InChI=1S/C15H12N4O/c16-7-12-14(9-2-1-5-19-8-9)11-4-3-10(17)6-13(11)20-15(12)18/h1-6,8,14H,17-18H2/t14-/m0/s1. The summed E-state index contributed by atoms with van der Waals surface area (Å²) in [7, 11) is 0. The molecule has 4 N–H and O–H groups in total. The molecule has 0 saturated heterocycles. The predicted octanol–water partition coefficient (Wildman–Crippen LogP) is 1.88. The van der Waals surface area contributed by atoms with Crippen LogP contribution in [-0.4, -0.2) is 4.98 Å². The maximum absolute atomic E-state index is 9.36. The second kappa shape index (κ2) is 4.59. The molecule has 3 rings (SSSR count). The van der Waals surface area contributed by atoms with Gasteiger partial charge in [0.15, 0.2) is 0 Å². The van der Waals surface area contributed by atoms with E-state index in [0.29, 0.717) is 17.0 Å². The summed E-state index contributed by atoms with van der Waals surface area (Å²) in [6.07, 6.45) is 3.41. The second-order valence-corrected chi connectivity index (χ2v) is 4.51. The minimum Gasteiger partial charge on any atom is -0.440 e. The fraction of sp³-hybridized carbons (Fsp3) is 0.0667. The van der Waals surface area contributed by atoms with Crippen molar-refractivity contribution < 1.29 is 4.74 Å². The zero-order valence-electron chi connectivity index (χ0n) is 10.6. The van der Waals surface area contributed by atoms with E-state index in [1.54, 1.807) is 24.5 Å². The molecular formula is C15H12N4O. The molecule has 0 saturated carbocycles. The molecule has 0 aliphatic carbocycles. The van der Waals surface area contributed by atoms with Crippen LogP contribution in [0, 0.1) is 11.3 Å². The van der Waals surface area contributed by atoms with Crippen molar-refractivity contribution in [1.29, 1.82) is 5.26 Å². The Morgan fingerprint density at radius 1 is 1.25 bits per heavy atom. The molecule has 98 valence electrons. The SMILES string of the molecule is N#CC1=C(N)Oc2cc(N)ccc2[C@@H]1c1cccnc1. The summed E-state index contributed by atoms with van der Waals surface area (Å²) >= 11 is 0. The number of nitrogens with zero attached hydrogens (tertiary/aromatic N) is 2. The maximum atomic E-state index is 9.36. The van der Waals surface area contributed by atoms with Crippen molar-refractivity contribution in [3.63, 3.8) is 0 Å². The molecule has 20 heavy (non-hydrogen) atoms. The predicted molar refractivity (Wildman–Crippen MR) is 74.4 cm³/mol. The van der Waals surface area contributed by atoms with Crippen LogP contribution in [0.4, 0.5) is 5.69 Å². The topological polar surface area (TPSA) is 98.0 Å². The van der Waals surface area contributed by atoms with E-state index in [2.05, 4.69) is 11.1 Å². The van der Waals surface area contributed by atoms with E-state index in [4.69, 9.17) is 16.2 Å². The van der Waals surface area contributed by atoms with Gasteiger partial charge in [0.05, 0.1) is 5.92 Å². The van der Waals surface area contributed by atoms with Gasteiger partial charge in [-0.05, 0) is 17.7 Å². The molecule has 1 aromatic carbocycles. The van der Waals surface area contributed by atoms with E-state index in [0.717, 1.165) is 11.1 Å². The number of allylic oxidation sites excluding steroid dienone is 1. The van der Waals surface area contributed by atoms with Crippen LogP contribution < -0.4 is 16.2 Å². The van der Waals surface area contributed by atoms with Crippen molar-refractivity contribution in [2.24, 2.45) is 5.73 Å². The van der Waals surface area contributed by atoms with Gasteiger partial charge in [-0.2, -0.15) is 5.26 Å². The van der Waals surface area contributed by atoms with E-state index in [1.807, 2.05) is 18.2 Å². The second-order valence-electron chi connectivity index (χ2n) is 4.51. The molecule has 1 atom stereocenters. The van der Waals surface area contributed by atoms with Gasteiger partial charge in [0.25, 0.3) is 0 Å². The number of hydrogen-bond acceptors (Lipinski definition) is 5. The van der Waals surface area contributed by atoms with Gasteiger partial charge in [0.2, 0.25) is 5.88 Å². The van der Waals surface area contributed by atoms with Crippen molar-refractivity contribution in [1.82, 2.24) is 4.98 Å². The van der Waals surface area contributed by atoms with E-state index >= 15 is 0 Å². The highest BCUT2D eigenvalue weighted by Crippen LogP contribution is 2.42. The van der Waals surface area contributed by atoms with Gasteiger partial charge in [0, 0.05) is 29.7 Å². The fourth-order valence-electron chi connectivity index (χ4n) is 2.36. The first-order valence-electron chi connectivity index (χ1n) is 6.07. The molecule has 0 spiro atoms. The van der Waals surface area contributed by atoms with Gasteiger partial charge in [-0.25, -0.2) is 0 Å². The number of hydrogen-bond donors (Lipinski definition) is 2. The van der Waals surface area contributed by atoms with Crippen molar-refractivity contribution >= 4 is 5.69 Å². The first-order chi connectivity index (χ1) is 9.70. The smallest absolute Gasteiger partial charge is 0.205 e. The van der Waals surface area contributed by atoms with E-state index < -0.39 is 0 Å². The Hall–Kier alpha value is -3.00. The summed E-state index contributed by atoms with van der Waals surface area (Å²) in [6.45, 7) is 0. The first kappa shape index (κ1) is 12.1. The molecule has 5 nitrogen and oxygen atoms in total. The summed E-state index contributed by atoms with van der Waals surface area (Å²) in [5, 5.41) is 9.36. The minimum absolute atomic E-state index is 0.111. The number of aromatic nitrogens is 1. The summed E-state index contributed by atoms with van der Waals surface area (Å²) in [5.41, 5.74) is 14.3. The molecule has 1 aliphatic rings. The van der Waals surface area contributed by atoms with Crippen molar-refractivity contribution in [3.8, 4) is 11.8 Å². The summed E-state index contributed by atoms with van der Waals surface area (Å²) in [5.74, 6) is 0.410. The third-order valence-corrected chi connectivity index (χ3v) is 3.26. The number of anilines is 1. The summed E-state index contributed by atoms with van der Waals surface area (Å²) < 4.78 is 5.50. The molecule has 0 amide bonds. The number of nitrogens with two attached hydrogens (primary N) is 2. The average molecular weight is 264 g/mol. The van der Waals surface area contributed by atoms with Gasteiger partial charge in [-0.3, -0.25) is 4.98 Å². The Morgan fingerprint density at radius 3 is 2.80 bits per heavy atom. The van der Waals surface area contributed by atoms with Gasteiger partial charge < -0.3 is 16.2 Å². The number of benzene rings is 1. The lowest BCUT2D eigenvalue weighted by Gasteiger charge is -2.26. The highest BCUT2D eigenvalue weighted by atomic mass is 16.5. The molecular weight excluding hydrogens is 252 g/mol. The maximum Gasteiger partial charge on any atom is 0.205 e. The number of nitriles is 1. The molecule has 5 heteroatoms. The molecule has 0 unspecified atom stereocenters. The minimum atomic E-state index is -0.280. The normalized spacial score (nSPS) is 17.1. The van der Waals surface area contributed by atoms with Crippen LogP contribution in [0.3, 0.4) is 0 Å². The quantitative estimate of drug-likeness (QED) is 0.766. The number of rotatable bonds is 1. The number of pyridine rings is 1. The third kappa shape index (κ3) is 1.84. The lowest BCUT2D eigenvalue weighted by Crippen LogP contribution is -2.21. The highest BCUT2D eigenvalue weighted by molar-refractivity contribution is 5.59. The number of fused-ring (bicyclic) bond motifs is 1. The van der Waals surface area contributed by atoms with Crippen LogP contribution in [0.15, 0.2) is 54.2 Å². The van der Waals surface area contributed by atoms with Crippen LogP contribution in [0.5, 0.6) is 5.75 Å². The molecule has 0 fully saturated rings. The summed E-state index contributed by atoms with van der Waals surface area (Å²) in [4.78, 5) is 4.11. The molecule has 1 aromatic heterocycles. The van der Waals surface area contributed by atoms with Crippen LogP contribution in [0.2, 0.25) is 0 Å². The Morgan fingerprint density at radius 2 is 2.10 bits per heavy atom. The van der Waals surface area contributed by atoms with Gasteiger partial charge in [0.1, 0.15) is 17.4 Å². The Labute approximate surface area is 116 Å². The lowest BCUT2D eigenvalue weighted by atomic mass is 9.84. The van der Waals surface area contributed by atoms with Crippen molar-refractivity contribution in [3.05, 3.63) is 65.3 Å². The van der Waals surface area contributed by atoms with Gasteiger partial charge >= 0.3 is 0 Å². The molecule has 2 heterocycles. The Balaban J connectivity index is 2.23. The fourth-order valence-corrected chi connectivity index (χ4v) is 2.36. The Bertz CT molecular complexity index is 731. The van der Waals surface area contributed by atoms with E-state index in [1.165, 1.54) is 0 Å². The van der Waals surface area contributed by atoms with Crippen LogP contribution in [-0.2, 0) is 0 Å². The first-order valence-corrected chi connectivity index (χ1v) is 6.07. The van der Waals surface area contributed by atoms with Crippen molar-refractivity contribution in [2.45, 2.75) is 5.92 Å². The third-order valence-electron chi connectivity index (χ3n) is 3.26. The molecule has 0 radical (unpaired) electrons. The largest absolute Gasteiger partial charge is 0.440 e. The summed E-state index contributed by atoms with van der Waals surface area (Å²) in [6, 6.07) is 11.2. The van der Waals surface area contributed by atoms with Crippen LogP contribution in [0.25, 0.3) is 0 Å².